The van der Waals surface area contributed by atoms with Crippen LogP contribution in [0.5, 0.6) is 0 Å². The molecule has 15 heavy (non-hydrogen) atoms. The smallest absolute Gasteiger partial charge is 0.369 e. The number of nitriles is 1. The monoisotopic (exact) mass is 203 g/mol. The maximum absolute atomic E-state index is 10.9. The summed E-state index contributed by atoms with van der Waals surface area (Å²) in [6, 6.07) is 10.6. The molecule has 0 spiro atoms. The van der Waals surface area contributed by atoms with Crippen molar-refractivity contribution in [3.05, 3.63) is 30.3 Å². The largest absolute Gasteiger partial charge is 0.464 e. The van der Waals surface area contributed by atoms with Crippen LogP contribution in [0.1, 0.15) is 0 Å². The Bertz CT molecular complexity index is 406. The van der Waals surface area contributed by atoms with Gasteiger partial charge in [-0.15, -0.1) is 0 Å². The fourth-order valence-electron chi connectivity index (χ4n) is 0.846. The average molecular weight is 203 g/mol. The van der Waals surface area contributed by atoms with Gasteiger partial charge in [0.15, 0.2) is 0 Å². The van der Waals surface area contributed by atoms with E-state index in [4.69, 9.17) is 5.26 Å². The van der Waals surface area contributed by atoms with Crippen LogP contribution in [0.3, 0.4) is 0 Å². The molecule has 0 saturated carbocycles. The summed E-state index contributed by atoms with van der Waals surface area (Å²) in [5.74, 6) is -0.763. The molecular weight excluding hydrogens is 194 g/mol. The quantitative estimate of drug-likeness (QED) is 0.454. The predicted molar refractivity (Wildman–Crippen MR) is 55.1 cm³/mol. The van der Waals surface area contributed by atoms with Crippen LogP contribution >= 0.6 is 0 Å². The summed E-state index contributed by atoms with van der Waals surface area (Å²) >= 11 is 0. The first-order valence-corrected chi connectivity index (χ1v) is 4.15. The van der Waals surface area contributed by atoms with Crippen molar-refractivity contribution in [3.63, 3.8) is 0 Å². The van der Waals surface area contributed by atoms with Crippen molar-refractivity contribution < 1.29 is 9.53 Å². The molecule has 0 heterocycles. The number of carbonyl (C=O) groups is 1. The summed E-state index contributed by atoms with van der Waals surface area (Å²) < 4.78 is 4.36. The van der Waals surface area contributed by atoms with Gasteiger partial charge in [-0.2, -0.15) is 10.4 Å². The standard InChI is InChI=1S/C10H9N3O2/c1-15-10(14)9(7-11)13-12-8-5-3-2-4-6-8/h2-6,12H,1H3. The Labute approximate surface area is 87.0 Å². The van der Waals surface area contributed by atoms with E-state index in [0.717, 1.165) is 0 Å². The number of hydrogen-bond acceptors (Lipinski definition) is 5. The highest BCUT2D eigenvalue weighted by Crippen LogP contribution is 2.04. The van der Waals surface area contributed by atoms with E-state index in [1.54, 1.807) is 18.2 Å². The lowest BCUT2D eigenvalue weighted by molar-refractivity contribution is -0.132. The van der Waals surface area contributed by atoms with Crippen LogP contribution in [0, 0.1) is 11.3 Å². The highest BCUT2D eigenvalue weighted by molar-refractivity contribution is 6.43. The summed E-state index contributed by atoms with van der Waals surface area (Å²) in [6.07, 6.45) is 0. The predicted octanol–water partition coefficient (Wildman–Crippen LogP) is 1.15. The van der Waals surface area contributed by atoms with E-state index in [-0.39, 0.29) is 5.71 Å². The molecule has 0 aliphatic heterocycles. The van der Waals surface area contributed by atoms with Crippen molar-refractivity contribution in [3.8, 4) is 6.07 Å². The van der Waals surface area contributed by atoms with Gasteiger partial charge >= 0.3 is 5.97 Å². The van der Waals surface area contributed by atoms with E-state index in [9.17, 15) is 4.79 Å². The Kier molecular flexibility index (Phi) is 3.86. The lowest BCUT2D eigenvalue weighted by atomic mass is 10.3. The third-order valence-electron chi connectivity index (χ3n) is 1.56. The number of carbonyl (C=O) groups excluding carboxylic acids is 1. The molecule has 1 aromatic carbocycles. The van der Waals surface area contributed by atoms with E-state index < -0.39 is 5.97 Å². The van der Waals surface area contributed by atoms with Crippen LogP contribution in [0.4, 0.5) is 5.69 Å². The molecule has 0 fully saturated rings. The SMILES string of the molecule is COC(=O)C(C#N)=NNc1ccccc1. The fraction of sp³-hybridized carbons (Fsp3) is 0.100. The first-order valence-electron chi connectivity index (χ1n) is 4.15. The number of nitrogens with one attached hydrogen (secondary N) is 1. The zero-order valence-electron chi connectivity index (χ0n) is 8.10. The van der Waals surface area contributed by atoms with E-state index in [2.05, 4.69) is 15.3 Å². The van der Waals surface area contributed by atoms with Gasteiger partial charge in [0.05, 0.1) is 12.8 Å². The Balaban J connectivity index is 2.72. The molecule has 0 saturated heterocycles. The zero-order chi connectivity index (χ0) is 11.1. The van der Waals surface area contributed by atoms with Gasteiger partial charge in [-0.05, 0) is 12.1 Å². The summed E-state index contributed by atoms with van der Waals surface area (Å²) in [5.41, 5.74) is 2.95. The Morgan fingerprint density at radius 1 is 1.47 bits per heavy atom. The van der Waals surface area contributed by atoms with Crippen LogP contribution < -0.4 is 5.43 Å². The number of esters is 1. The number of hydrazone groups is 1. The molecule has 0 aliphatic carbocycles. The highest BCUT2D eigenvalue weighted by Gasteiger charge is 2.09. The second-order valence-electron chi connectivity index (χ2n) is 2.54. The maximum Gasteiger partial charge on any atom is 0.369 e. The van der Waals surface area contributed by atoms with Crippen LogP contribution in [0.25, 0.3) is 0 Å². The fourth-order valence-corrected chi connectivity index (χ4v) is 0.846. The van der Waals surface area contributed by atoms with Crippen LogP contribution in [0.15, 0.2) is 35.4 Å². The maximum atomic E-state index is 10.9. The van der Waals surface area contributed by atoms with Gasteiger partial charge in [0.2, 0.25) is 5.71 Å². The van der Waals surface area contributed by atoms with Crippen molar-refractivity contribution >= 4 is 17.4 Å². The van der Waals surface area contributed by atoms with E-state index in [1.165, 1.54) is 7.11 Å². The molecule has 1 rings (SSSR count). The normalized spacial score (nSPS) is 10.3. The molecule has 5 heteroatoms. The minimum Gasteiger partial charge on any atom is -0.464 e. The molecule has 1 aromatic rings. The van der Waals surface area contributed by atoms with Gasteiger partial charge in [-0.25, -0.2) is 4.79 Å². The second kappa shape index (κ2) is 5.40. The topological polar surface area (TPSA) is 74.5 Å². The van der Waals surface area contributed by atoms with Crippen molar-refractivity contribution in [2.75, 3.05) is 12.5 Å². The first-order chi connectivity index (χ1) is 7.27. The van der Waals surface area contributed by atoms with Gasteiger partial charge in [-0.3, -0.25) is 5.43 Å². The Morgan fingerprint density at radius 2 is 2.13 bits per heavy atom. The number of rotatable bonds is 3. The second-order valence-corrected chi connectivity index (χ2v) is 2.54. The van der Waals surface area contributed by atoms with Crippen LogP contribution in [-0.4, -0.2) is 18.8 Å². The number of ether oxygens (including phenoxy) is 1. The number of benzene rings is 1. The van der Waals surface area contributed by atoms with E-state index in [0.29, 0.717) is 5.69 Å². The van der Waals surface area contributed by atoms with Gasteiger partial charge in [0, 0.05) is 0 Å². The van der Waals surface area contributed by atoms with Crippen LogP contribution in [0.2, 0.25) is 0 Å². The van der Waals surface area contributed by atoms with Gasteiger partial charge in [0.25, 0.3) is 0 Å². The number of nitrogens with zero attached hydrogens (tertiary/aromatic N) is 2. The van der Waals surface area contributed by atoms with E-state index in [1.807, 2.05) is 18.2 Å². The molecule has 0 unspecified atom stereocenters. The van der Waals surface area contributed by atoms with Crippen molar-refractivity contribution in [1.29, 1.82) is 5.26 Å². The summed E-state index contributed by atoms with van der Waals surface area (Å²) in [5, 5.41) is 12.2. The lowest BCUT2D eigenvalue weighted by Crippen LogP contribution is -2.15. The molecule has 0 bridgehead atoms. The van der Waals surface area contributed by atoms with Crippen molar-refractivity contribution in [1.82, 2.24) is 0 Å². The third kappa shape index (κ3) is 3.12. The average Bonchev–Trinajstić information content (AvgIpc) is 2.31. The minimum atomic E-state index is -0.763. The molecule has 0 aliphatic rings. The van der Waals surface area contributed by atoms with Gasteiger partial charge in [0.1, 0.15) is 6.07 Å². The Hall–Kier alpha value is -2.35. The molecular formula is C10H9N3O2. The van der Waals surface area contributed by atoms with Crippen molar-refractivity contribution in [2.45, 2.75) is 0 Å². The Morgan fingerprint density at radius 3 is 2.67 bits per heavy atom. The van der Waals surface area contributed by atoms with Gasteiger partial charge in [-0.1, -0.05) is 18.2 Å². The number of anilines is 1. The third-order valence-corrected chi connectivity index (χ3v) is 1.56. The highest BCUT2D eigenvalue weighted by atomic mass is 16.5. The summed E-state index contributed by atoms with van der Waals surface area (Å²) in [7, 11) is 1.19. The molecule has 0 radical (unpaired) electrons. The van der Waals surface area contributed by atoms with Crippen molar-refractivity contribution in [2.24, 2.45) is 5.10 Å². The van der Waals surface area contributed by atoms with E-state index >= 15 is 0 Å². The summed E-state index contributed by atoms with van der Waals surface area (Å²) in [6.45, 7) is 0. The summed E-state index contributed by atoms with van der Waals surface area (Å²) in [4.78, 5) is 10.9. The minimum absolute atomic E-state index is 0.318. The lowest BCUT2D eigenvalue weighted by Gasteiger charge is -1.99. The molecule has 0 atom stereocenters. The number of methoxy groups -OCH3 is 1. The molecule has 0 aromatic heterocycles. The molecule has 1 N–H and O–H groups in total. The zero-order valence-corrected chi connectivity index (χ0v) is 8.10. The first kappa shape index (κ1) is 10.7. The molecule has 5 nitrogen and oxygen atoms in total. The van der Waals surface area contributed by atoms with Crippen LogP contribution in [-0.2, 0) is 9.53 Å². The molecule has 76 valence electrons. The van der Waals surface area contributed by atoms with Gasteiger partial charge < -0.3 is 4.74 Å². The molecule has 0 amide bonds. The number of para-hydroxylation sites is 1. The number of hydrogen-bond donors (Lipinski definition) is 1.